The van der Waals surface area contributed by atoms with Gasteiger partial charge in [-0.25, -0.2) is 0 Å². The van der Waals surface area contributed by atoms with Crippen molar-refractivity contribution in [2.24, 2.45) is 5.41 Å². The van der Waals surface area contributed by atoms with Crippen molar-refractivity contribution in [3.05, 3.63) is 0 Å². The zero-order chi connectivity index (χ0) is 12.3. The zero-order valence-electron chi connectivity index (χ0n) is 9.24. The zero-order valence-corrected chi connectivity index (χ0v) is 9.24. The van der Waals surface area contributed by atoms with Crippen LogP contribution in [0.3, 0.4) is 0 Å². The minimum atomic E-state index is -1.17. The molecule has 86 valence electrons. The van der Waals surface area contributed by atoms with E-state index in [1.165, 1.54) is 6.92 Å². The van der Waals surface area contributed by atoms with Gasteiger partial charge >= 0.3 is 0 Å². The summed E-state index contributed by atoms with van der Waals surface area (Å²) < 4.78 is 0. The maximum Gasteiger partial charge on any atom is 0.246 e. The maximum absolute atomic E-state index is 11.9. The second kappa shape index (κ2) is 4.31. The second-order valence-corrected chi connectivity index (χ2v) is 3.93. The largest absolute Gasteiger partial charge is 0.323 e. The average Bonchev–Trinajstić information content (AvgIpc) is 2.25. The third-order valence-corrected chi connectivity index (χ3v) is 2.66. The van der Waals surface area contributed by atoms with Crippen molar-refractivity contribution >= 4 is 17.7 Å². The summed E-state index contributed by atoms with van der Waals surface area (Å²) in [6, 6.07) is 1.92. The average molecular weight is 223 g/mol. The van der Waals surface area contributed by atoms with Gasteiger partial charge in [0.25, 0.3) is 0 Å². The van der Waals surface area contributed by atoms with Crippen LogP contribution in [0.5, 0.6) is 0 Å². The molecule has 0 aliphatic carbocycles. The van der Waals surface area contributed by atoms with E-state index in [0.29, 0.717) is 6.42 Å². The summed E-state index contributed by atoms with van der Waals surface area (Å²) in [4.78, 5) is 35.2. The van der Waals surface area contributed by atoms with Gasteiger partial charge in [0.1, 0.15) is 18.5 Å². The molecule has 6 heteroatoms. The molecule has 0 spiro atoms. The predicted octanol–water partition coefficient (Wildman–Crippen LogP) is -0.589. The van der Waals surface area contributed by atoms with Crippen LogP contribution in [0.1, 0.15) is 20.3 Å². The lowest BCUT2D eigenvalue weighted by atomic mass is 9.87. The summed E-state index contributed by atoms with van der Waals surface area (Å²) in [5.74, 6) is -1.50. The van der Waals surface area contributed by atoms with Crippen LogP contribution in [0, 0.1) is 16.7 Å². The van der Waals surface area contributed by atoms with Gasteiger partial charge in [-0.2, -0.15) is 5.26 Å². The second-order valence-electron chi connectivity index (χ2n) is 3.93. The lowest BCUT2D eigenvalue weighted by Gasteiger charge is -2.30. The standard InChI is InChI=1S/C10H13N3O3/c1-3-10(2,6-11)9(16)13-4-7(14)12-8(15)5-13/h3-5H2,1-2H3,(H,12,14,15). The molecular weight excluding hydrogens is 210 g/mol. The van der Waals surface area contributed by atoms with E-state index in [9.17, 15) is 14.4 Å². The first-order chi connectivity index (χ1) is 7.42. The molecule has 1 atom stereocenters. The summed E-state index contributed by atoms with van der Waals surface area (Å²) in [7, 11) is 0. The number of carbonyl (C=O) groups excluding carboxylic acids is 3. The molecule has 1 aliphatic rings. The molecule has 1 N–H and O–H groups in total. The summed E-state index contributed by atoms with van der Waals surface area (Å²) in [5, 5.41) is 11.0. The van der Waals surface area contributed by atoms with Gasteiger partial charge in [0.05, 0.1) is 6.07 Å². The molecule has 1 unspecified atom stereocenters. The van der Waals surface area contributed by atoms with Gasteiger partial charge < -0.3 is 4.90 Å². The Morgan fingerprint density at radius 2 is 2.00 bits per heavy atom. The van der Waals surface area contributed by atoms with E-state index in [1.54, 1.807) is 6.92 Å². The lowest BCUT2D eigenvalue weighted by molar-refractivity contribution is -0.149. The first-order valence-electron chi connectivity index (χ1n) is 4.96. The quantitative estimate of drug-likeness (QED) is 0.633. The number of imide groups is 1. The normalized spacial score (nSPS) is 19.7. The van der Waals surface area contributed by atoms with E-state index in [-0.39, 0.29) is 13.1 Å². The highest BCUT2D eigenvalue weighted by Gasteiger charge is 2.38. The minimum absolute atomic E-state index is 0.165. The van der Waals surface area contributed by atoms with Crippen molar-refractivity contribution in [1.82, 2.24) is 10.2 Å². The molecule has 1 rings (SSSR count). The SMILES string of the molecule is CCC(C)(C#N)C(=O)N1CC(=O)NC(=O)C1. The van der Waals surface area contributed by atoms with Gasteiger partial charge in [-0.3, -0.25) is 19.7 Å². The number of nitrogens with zero attached hydrogens (tertiary/aromatic N) is 2. The number of nitriles is 1. The van der Waals surface area contributed by atoms with Crippen molar-refractivity contribution in [1.29, 1.82) is 5.26 Å². The fourth-order valence-electron chi connectivity index (χ4n) is 1.41. The highest BCUT2D eigenvalue weighted by Crippen LogP contribution is 2.23. The van der Waals surface area contributed by atoms with Crippen LogP contribution in [0.25, 0.3) is 0 Å². The summed E-state index contributed by atoms with van der Waals surface area (Å²) in [5.41, 5.74) is -1.17. The molecule has 3 amide bonds. The van der Waals surface area contributed by atoms with Crippen LogP contribution >= 0.6 is 0 Å². The van der Waals surface area contributed by atoms with E-state index in [0.717, 1.165) is 4.90 Å². The molecule has 1 saturated heterocycles. The number of hydrogen-bond donors (Lipinski definition) is 1. The predicted molar refractivity (Wildman–Crippen MR) is 53.7 cm³/mol. The van der Waals surface area contributed by atoms with Crippen molar-refractivity contribution in [3.63, 3.8) is 0 Å². The summed E-state index contributed by atoms with van der Waals surface area (Å²) in [6.45, 7) is 2.89. The van der Waals surface area contributed by atoms with Crippen LogP contribution in [0.15, 0.2) is 0 Å². The topological polar surface area (TPSA) is 90.3 Å². The van der Waals surface area contributed by atoms with Crippen molar-refractivity contribution in [3.8, 4) is 6.07 Å². The van der Waals surface area contributed by atoms with Crippen LogP contribution in [-0.4, -0.2) is 35.7 Å². The molecule has 0 aromatic rings. The lowest BCUT2D eigenvalue weighted by Crippen LogP contribution is -2.56. The molecular formula is C10H13N3O3. The Morgan fingerprint density at radius 3 is 2.38 bits per heavy atom. The Bertz CT molecular complexity index is 369. The highest BCUT2D eigenvalue weighted by molar-refractivity contribution is 6.03. The molecule has 0 saturated carbocycles. The molecule has 6 nitrogen and oxygen atoms in total. The third-order valence-electron chi connectivity index (χ3n) is 2.66. The summed E-state index contributed by atoms with van der Waals surface area (Å²) in [6.07, 6.45) is 0.342. The Kier molecular flexibility index (Phi) is 3.28. The Morgan fingerprint density at radius 1 is 1.50 bits per heavy atom. The van der Waals surface area contributed by atoms with Crippen LogP contribution in [0.4, 0.5) is 0 Å². The molecule has 0 bridgehead atoms. The number of nitrogens with one attached hydrogen (secondary N) is 1. The smallest absolute Gasteiger partial charge is 0.246 e. The Hall–Kier alpha value is -1.90. The third kappa shape index (κ3) is 2.19. The first-order valence-corrected chi connectivity index (χ1v) is 4.96. The van der Waals surface area contributed by atoms with Crippen LogP contribution < -0.4 is 5.32 Å². The van der Waals surface area contributed by atoms with Gasteiger partial charge in [-0.15, -0.1) is 0 Å². The van der Waals surface area contributed by atoms with Crippen LogP contribution in [-0.2, 0) is 14.4 Å². The molecule has 16 heavy (non-hydrogen) atoms. The van der Waals surface area contributed by atoms with E-state index in [4.69, 9.17) is 5.26 Å². The van der Waals surface area contributed by atoms with E-state index < -0.39 is 23.1 Å². The van der Waals surface area contributed by atoms with Crippen molar-refractivity contribution in [2.45, 2.75) is 20.3 Å². The van der Waals surface area contributed by atoms with E-state index in [1.807, 2.05) is 6.07 Å². The molecule has 0 radical (unpaired) electrons. The number of hydrogen-bond acceptors (Lipinski definition) is 4. The fourth-order valence-corrected chi connectivity index (χ4v) is 1.41. The van der Waals surface area contributed by atoms with E-state index in [2.05, 4.69) is 5.32 Å². The summed E-state index contributed by atoms with van der Waals surface area (Å²) >= 11 is 0. The number of carbonyl (C=O) groups is 3. The number of rotatable bonds is 2. The number of amides is 3. The Balaban J connectivity index is 2.86. The van der Waals surface area contributed by atoms with Gasteiger partial charge in [0, 0.05) is 0 Å². The van der Waals surface area contributed by atoms with Gasteiger partial charge in [0.15, 0.2) is 0 Å². The minimum Gasteiger partial charge on any atom is -0.323 e. The van der Waals surface area contributed by atoms with E-state index >= 15 is 0 Å². The molecule has 1 fully saturated rings. The molecule has 0 aromatic heterocycles. The van der Waals surface area contributed by atoms with Gasteiger partial charge in [0.2, 0.25) is 17.7 Å². The maximum atomic E-state index is 11.9. The monoisotopic (exact) mass is 223 g/mol. The van der Waals surface area contributed by atoms with Gasteiger partial charge in [-0.05, 0) is 13.3 Å². The Labute approximate surface area is 93.2 Å². The molecule has 1 aliphatic heterocycles. The van der Waals surface area contributed by atoms with Gasteiger partial charge in [-0.1, -0.05) is 6.92 Å². The number of piperazine rings is 1. The van der Waals surface area contributed by atoms with Crippen LogP contribution in [0.2, 0.25) is 0 Å². The van der Waals surface area contributed by atoms with Crippen molar-refractivity contribution < 1.29 is 14.4 Å². The molecule has 1 heterocycles. The molecule has 0 aromatic carbocycles. The fraction of sp³-hybridized carbons (Fsp3) is 0.600. The first kappa shape index (κ1) is 12.2. The van der Waals surface area contributed by atoms with Crippen molar-refractivity contribution in [2.75, 3.05) is 13.1 Å². The highest BCUT2D eigenvalue weighted by atomic mass is 16.2.